The molecule has 2 rings (SSSR count). The van der Waals surface area contributed by atoms with Gasteiger partial charge in [-0.25, -0.2) is 0 Å². The monoisotopic (exact) mass is 300 g/mol. The number of benzene rings is 1. The summed E-state index contributed by atoms with van der Waals surface area (Å²) in [5, 5.41) is 11.6. The van der Waals surface area contributed by atoms with Gasteiger partial charge in [0.15, 0.2) is 0 Å². The molecule has 0 aliphatic heterocycles. The lowest BCUT2D eigenvalue weighted by Crippen LogP contribution is -2.27. The first-order chi connectivity index (χ1) is 9.11. The molecule has 0 heterocycles. The fraction of sp³-hybridized carbons (Fsp3) is 0.625. The van der Waals surface area contributed by atoms with Gasteiger partial charge < -0.3 is 5.11 Å². The Morgan fingerprint density at radius 2 is 1.89 bits per heavy atom. The van der Waals surface area contributed by atoms with E-state index in [0.717, 1.165) is 24.3 Å². The topological polar surface area (TPSA) is 20.2 Å². The molecule has 106 valence electrons. The van der Waals surface area contributed by atoms with Crippen LogP contribution in [0.25, 0.3) is 0 Å². The summed E-state index contributed by atoms with van der Waals surface area (Å²) in [6.07, 6.45) is 6.36. The van der Waals surface area contributed by atoms with E-state index < -0.39 is 0 Å². The van der Waals surface area contributed by atoms with Crippen molar-refractivity contribution in [3.05, 3.63) is 33.8 Å². The van der Waals surface area contributed by atoms with Crippen molar-refractivity contribution in [1.29, 1.82) is 0 Å². The molecule has 0 aromatic heterocycles. The highest BCUT2D eigenvalue weighted by molar-refractivity contribution is 6.42. The highest BCUT2D eigenvalue weighted by Crippen LogP contribution is 2.34. The highest BCUT2D eigenvalue weighted by atomic mass is 35.5. The van der Waals surface area contributed by atoms with Crippen LogP contribution in [-0.2, 0) is 6.42 Å². The van der Waals surface area contributed by atoms with Crippen LogP contribution < -0.4 is 0 Å². The van der Waals surface area contributed by atoms with E-state index >= 15 is 0 Å². The van der Waals surface area contributed by atoms with Gasteiger partial charge in [0, 0.05) is 6.42 Å². The molecule has 1 N–H and O–H groups in total. The van der Waals surface area contributed by atoms with Gasteiger partial charge in [0.05, 0.1) is 16.1 Å². The maximum absolute atomic E-state index is 10.4. The molecule has 1 aromatic rings. The fourth-order valence-corrected chi connectivity index (χ4v) is 3.48. The fourth-order valence-electron chi connectivity index (χ4n) is 3.08. The maximum atomic E-state index is 10.4. The van der Waals surface area contributed by atoms with Crippen LogP contribution in [0, 0.1) is 11.8 Å². The first-order valence-electron chi connectivity index (χ1n) is 7.22. The van der Waals surface area contributed by atoms with Crippen LogP contribution in [-0.4, -0.2) is 11.2 Å². The molecule has 1 aromatic carbocycles. The summed E-state index contributed by atoms with van der Waals surface area (Å²) >= 11 is 12.2. The van der Waals surface area contributed by atoms with E-state index in [9.17, 15) is 5.11 Å². The Labute approximate surface area is 125 Å². The van der Waals surface area contributed by atoms with Gasteiger partial charge in [-0.15, -0.1) is 0 Å². The van der Waals surface area contributed by atoms with Crippen LogP contribution in [0.5, 0.6) is 0 Å². The van der Waals surface area contributed by atoms with Crippen LogP contribution in [0.3, 0.4) is 0 Å². The standard InChI is InChI=1S/C16H22Cl2O/c1-2-11-6-8-12(9-7-11)15(19)10-13-4-3-5-14(17)16(13)18/h3-5,11-12,15,19H,2,6-10H2,1H3. The number of aliphatic hydroxyl groups is 1. The summed E-state index contributed by atoms with van der Waals surface area (Å²) in [6, 6.07) is 5.63. The number of halogens is 2. The first-order valence-corrected chi connectivity index (χ1v) is 7.98. The Balaban J connectivity index is 1.94. The summed E-state index contributed by atoms with van der Waals surface area (Å²) in [7, 11) is 0. The molecule has 3 heteroatoms. The zero-order valence-corrected chi connectivity index (χ0v) is 12.9. The van der Waals surface area contributed by atoms with Crippen LogP contribution in [0.15, 0.2) is 18.2 Å². The van der Waals surface area contributed by atoms with Gasteiger partial charge in [-0.05, 0) is 36.3 Å². The third-order valence-electron chi connectivity index (χ3n) is 4.47. The summed E-state index contributed by atoms with van der Waals surface area (Å²) in [6.45, 7) is 2.26. The van der Waals surface area contributed by atoms with Gasteiger partial charge in [0.2, 0.25) is 0 Å². The highest BCUT2D eigenvalue weighted by Gasteiger charge is 2.26. The average Bonchev–Trinajstić information content (AvgIpc) is 2.44. The molecule has 1 unspecified atom stereocenters. The van der Waals surface area contributed by atoms with Crippen LogP contribution >= 0.6 is 23.2 Å². The molecule has 19 heavy (non-hydrogen) atoms. The van der Waals surface area contributed by atoms with Crippen molar-refractivity contribution in [3.8, 4) is 0 Å². The lowest BCUT2D eigenvalue weighted by molar-refractivity contribution is 0.0735. The van der Waals surface area contributed by atoms with Crippen LogP contribution in [0.2, 0.25) is 10.0 Å². The molecule has 0 bridgehead atoms. The van der Waals surface area contributed by atoms with Gasteiger partial charge in [-0.1, -0.05) is 61.5 Å². The minimum absolute atomic E-state index is 0.297. The first kappa shape index (κ1) is 15.2. The Morgan fingerprint density at radius 3 is 2.53 bits per heavy atom. The number of hydrogen-bond donors (Lipinski definition) is 1. The second-order valence-electron chi connectivity index (χ2n) is 5.67. The lowest BCUT2D eigenvalue weighted by atomic mass is 9.77. The molecule has 0 saturated heterocycles. The second-order valence-corrected chi connectivity index (χ2v) is 6.46. The van der Waals surface area contributed by atoms with Crippen molar-refractivity contribution >= 4 is 23.2 Å². The second kappa shape index (κ2) is 6.97. The minimum Gasteiger partial charge on any atom is -0.392 e. The molecule has 1 nitrogen and oxygen atoms in total. The van der Waals surface area contributed by atoms with E-state index in [1.807, 2.05) is 12.1 Å². The van der Waals surface area contributed by atoms with E-state index in [4.69, 9.17) is 23.2 Å². The molecule has 1 atom stereocenters. The zero-order chi connectivity index (χ0) is 13.8. The number of rotatable bonds is 4. The third kappa shape index (κ3) is 3.87. The van der Waals surface area contributed by atoms with E-state index in [0.29, 0.717) is 22.4 Å². The molecule has 0 radical (unpaired) electrons. The predicted molar refractivity (Wildman–Crippen MR) is 81.9 cm³/mol. The smallest absolute Gasteiger partial charge is 0.0625 e. The van der Waals surface area contributed by atoms with E-state index in [2.05, 4.69) is 6.92 Å². The number of hydrogen-bond acceptors (Lipinski definition) is 1. The van der Waals surface area contributed by atoms with Crippen LogP contribution in [0.1, 0.15) is 44.6 Å². The number of aliphatic hydroxyl groups excluding tert-OH is 1. The van der Waals surface area contributed by atoms with Crippen molar-refractivity contribution in [2.24, 2.45) is 11.8 Å². The van der Waals surface area contributed by atoms with Gasteiger partial charge in [0.1, 0.15) is 0 Å². The van der Waals surface area contributed by atoms with Gasteiger partial charge in [-0.3, -0.25) is 0 Å². The summed E-state index contributed by atoms with van der Waals surface area (Å²) in [4.78, 5) is 0. The molecular formula is C16H22Cl2O. The van der Waals surface area contributed by atoms with E-state index in [1.54, 1.807) is 6.07 Å². The lowest BCUT2D eigenvalue weighted by Gasteiger charge is -2.31. The van der Waals surface area contributed by atoms with Gasteiger partial charge >= 0.3 is 0 Å². The molecular weight excluding hydrogens is 279 g/mol. The summed E-state index contributed by atoms with van der Waals surface area (Å²) < 4.78 is 0. The largest absolute Gasteiger partial charge is 0.392 e. The Kier molecular flexibility index (Phi) is 5.56. The van der Waals surface area contributed by atoms with Gasteiger partial charge in [0.25, 0.3) is 0 Å². The van der Waals surface area contributed by atoms with Gasteiger partial charge in [-0.2, -0.15) is 0 Å². The summed E-state index contributed by atoms with van der Waals surface area (Å²) in [5.41, 5.74) is 0.958. The molecule has 1 aliphatic carbocycles. The van der Waals surface area contributed by atoms with E-state index in [-0.39, 0.29) is 6.10 Å². The zero-order valence-electron chi connectivity index (χ0n) is 11.4. The van der Waals surface area contributed by atoms with Crippen molar-refractivity contribution < 1.29 is 5.11 Å². The third-order valence-corrected chi connectivity index (χ3v) is 5.33. The van der Waals surface area contributed by atoms with Crippen molar-refractivity contribution in [2.75, 3.05) is 0 Å². The van der Waals surface area contributed by atoms with Crippen molar-refractivity contribution in [2.45, 2.75) is 51.6 Å². The normalized spacial score (nSPS) is 25.3. The summed E-state index contributed by atoms with van der Waals surface area (Å²) in [5.74, 6) is 1.27. The van der Waals surface area contributed by atoms with Crippen molar-refractivity contribution in [1.82, 2.24) is 0 Å². The quantitative estimate of drug-likeness (QED) is 0.819. The molecule has 0 amide bonds. The molecule has 0 spiro atoms. The molecule has 1 saturated carbocycles. The Hall–Kier alpha value is -0.240. The molecule has 1 aliphatic rings. The average molecular weight is 301 g/mol. The SMILES string of the molecule is CCC1CCC(C(O)Cc2cccc(Cl)c2Cl)CC1. The van der Waals surface area contributed by atoms with Crippen LogP contribution in [0.4, 0.5) is 0 Å². The minimum atomic E-state index is -0.297. The predicted octanol–water partition coefficient (Wildman–Crippen LogP) is 5.11. The molecule has 1 fully saturated rings. The Morgan fingerprint density at radius 1 is 1.21 bits per heavy atom. The van der Waals surface area contributed by atoms with Crippen molar-refractivity contribution in [3.63, 3.8) is 0 Å². The maximum Gasteiger partial charge on any atom is 0.0625 e. The van der Waals surface area contributed by atoms with E-state index in [1.165, 1.54) is 19.3 Å². The Bertz CT molecular complexity index is 411.